The Bertz CT molecular complexity index is 2520. The minimum atomic E-state index is 0.697. The summed E-state index contributed by atoms with van der Waals surface area (Å²) < 4.78 is 0. The van der Waals surface area contributed by atoms with Crippen LogP contribution < -0.4 is 0 Å². The standard InChI is InChI=1S/C40H24N4/c1-2-11-32-30(9-1)31-10-3-4-12-33(31)35-24-28(15-18-34(32)35)37-20-17-26-14-13-25-16-19-36(43-38(25)39(26)44-37)27-7-5-8-29(23-27)40-41-21-6-22-42-40/h1-24H. The van der Waals surface area contributed by atoms with Crippen LogP contribution in [0.1, 0.15) is 0 Å². The first-order chi connectivity index (χ1) is 21.8. The monoisotopic (exact) mass is 560 g/mol. The van der Waals surface area contributed by atoms with Gasteiger partial charge in [-0.1, -0.05) is 103 Å². The second-order valence-electron chi connectivity index (χ2n) is 11.1. The maximum atomic E-state index is 5.24. The van der Waals surface area contributed by atoms with Crippen LogP contribution in [0.15, 0.2) is 146 Å². The Balaban J connectivity index is 1.21. The molecule has 0 saturated heterocycles. The van der Waals surface area contributed by atoms with E-state index >= 15 is 0 Å². The van der Waals surface area contributed by atoms with Gasteiger partial charge in [0, 0.05) is 39.9 Å². The lowest BCUT2D eigenvalue weighted by Crippen LogP contribution is -1.92. The van der Waals surface area contributed by atoms with E-state index in [2.05, 4.69) is 125 Å². The highest BCUT2D eigenvalue weighted by molar-refractivity contribution is 6.25. The molecule has 9 aromatic rings. The summed E-state index contributed by atoms with van der Waals surface area (Å²) in [7, 11) is 0. The molecule has 0 atom stereocenters. The maximum absolute atomic E-state index is 5.24. The number of nitrogens with zero attached hydrogens (tertiary/aromatic N) is 4. The van der Waals surface area contributed by atoms with E-state index in [1.165, 1.54) is 32.3 Å². The Labute approximate surface area is 253 Å². The van der Waals surface area contributed by atoms with Crippen LogP contribution in [0.4, 0.5) is 0 Å². The van der Waals surface area contributed by atoms with E-state index < -0.39 is 0 Å². The van der Waals surface area contributed by atoms with Crippen molar-refractivity contribution in [3.63, 3.8) is 0 Å². The van der Waals surface area contributed by atoms with E-state index in [9.17, 15) is 0 Å². The van der Waals surface area contributed by atoms with Crippen molar-refractivity contribution in [1.29, 1.82) is 0 Å². The summed E-state index contributed by atoms with van der Waals surface area (Å²) in [5, 5.41) is 9.68. The van der Waals surface area contributed by atoms with Gasteiger partial charge in [-0.05, 0) is 62.6 Å². The molecule has 0 aliphatic heterocycles. The van der Waals surface area contributed by atoms with Gasteiger partial charge in [-0.2, -0.15) is 0 Å². The second-order valence-corrected chi connectivity index (χ2v) is 11.1. The largest absolute Gasteiger partial charge is 0.245 e. The van der Waals surface area contributed by atoms with Crippen molar-refractivity contribution in [3.8, 4) is 33.9 Å². The van der Waals surface area contributed by atoms with E-state index in [1.807, 2.05) is 18.2 Å². The molecule has 0 amide bonds. The van der Waals surface area contributed by atoms with E-state index in [1.54, 1.807) is 12.4 Å². The fourth-order valence-corrected chi connectivity index (χ4v) is 6.42. The van der Waals surface area contributed by atoms with Crippen LogP contribution in [0.5, 0.6) is 0 Å². The van der Waals surface area contributed by atoms with Crippen molar-refractivity contribution in [2.45, 2.75) is 0 Å². The van der Waals surface area contributed by atoms with Crippen molar-refractivity contribution in [2.75, 3.05) is 0 Å². The molecule has 3 heterocycles. The average molecular weight is 561 g/mol. The van der Waals surface area contributed by atoms with Gasteiger partial charge in [0.05, 0.1) is 22.4 Å². The zero-order valence-corrected chi connectivity index (χ0v) is 23.6. The summed E-state index contributed by atoms with van der Waals surface area (Å²) in [5.74, 6) is 0.697. The topological polar surface area (TPSA) is 51.6 Å². The number of rotatable bonds is 3. The van der Waals surface area contributed by atoms with Gasteiger partial charge in [-0.25, -0.2) is 19.9 Å². The Morgan fingerprint density at radius 3 is 1.45 bits per heavy atom. The van der Waals surface area contributed by atoms with Crippen molar-refractivity contribution in [2.24, 2.45) is 0 Å². The van der Waals surface area contributed by atoms with Crippen LogP contribution in [0.2, 0.25) is 0 Å². The normalized spacial score (nSPS) is 11.6. The third kappa shape index (κ3) is 3.92. The van der Waals surface area contributed by atoms with Gasteiger partial charge >= 0.3 is 0 Å². The summed E-state index contributed by atoms with van der Waals surface area (Å²) in [6, 6.07) is 46.9. The Morgan fingerprint density at radius 1 is 0.341 bits per heavy atom. The molecule has 0 aliphatic rings. The fourth-order valence-electron chi connectivity index (χ4n) is 6.42. The molecule has 4 heteroatoms. The lowest BCUT2D eigenvalue weighted by atomic mass is 9.93. The molecule has 9 rings (SSSR count). The molecule has 6 aromatic carbocycles. The lowest BCUT2D eigenvalue weighted by Gasteiger charge is -2.12. The molecule has 0 N–H and O–H groups in total. The van der Waals surface area contributed by atoms with Crippen LogP contribution in [0, 0.1) is 0 Å². The quantitative estimate of drug-likeness (QED) is 0.202. The molecule has 204 valence electrons. The zero-order chi connectivity index (χ0) is 29.0. The minimum Gasteiger partial charge on any atom is -0.245 e. The molecular weight excluding hydrogens is 536 g/mol. The lowest BCUT2D eigenvalue weighted by molar-refractivity contribution is 1.18. The summed E-state index contributed by atoms with van der Waals surface area (Å²) in [5.41, 5.74) is 6.66. The summed E-state index contributed by atoms with van der Waals surface area (Å²) >= 11 is 0. The van der Waals surface area contributed by atoms with Gasteiger partial charge in [0.1, 0.15) is 0 Å². The molecule has 0 saturated carbocycles. The van der Waals surface area contributed by atoms with Gasteiger partial charge in [0.25, 0.3) is 0 Å². The summed E-state index contributed by atoms with van der Waals surface area (Å²) in [6.45, 7) is 0. The molecule has 0 unspecified atom stereocenters. The van der Waals surface area contributed by atoms with Crippen molar-refractivity contribution in [3.05, 3.63) is 146 Å². The summed E-state index contributed by atoms with van der Waals surface area (Å²) in [4.78, 5) is 19.2. The van der Waals surface area contributed by atoms with Crippen LogP contribution in [0.3, 0.4) is 0 Å². The highest BCUT2D eigenvalue weighted by atomic mass is 14.9. The Kier molecular flexibility index (Phi) is 5.47. The van der Waals surface area contributed by atoms with Gasteiger partial charge in [-0.15, -0.1) is 0 Å². The van der Waals surface area contributed by atoms with Gasteiger partial charge in [0.15, 0.2) is 5.82 Å². The zero-order valence-electron chi connectivity index (χ0n) is 23.6. The highest BCUT2D eigenvalue weighted by Crippen LogP contribution is 2.37. The first-order valence-electron chi connectivity index (χ1n) is 14.7. The number of aromatic nitrogens is 4. The molecular formula is C40H24N4. The van der Waals surface area contributed by atoms with Crippen molar-refractivity contribution < 1.29 is 0 Å². The molecule has 0 aliphatic carbocycles. The average Bonchev–Trinajstić information content (AvgIpc) is 3.11. The number of pyridine rings is 2. The molecule has 0 radical (unpaired) electrons. The minimum absolute atomic E-state index is 0.697. The second kappa shape index (κ2) is 9.79. The smallest absolute Gasteiger partial charge is 0.159 e. The highest BCUT2D eigenvalue weighted by Gasteiger charge is 2.13. The van der Waals surface area contributed by atoms with E-state index in [4.69, 9.17) is 9.97 Å². The van der Waals surface area contributed by atoms with Crippen molar-refractivity contribution in [1.82, 2.24) is 19.9 Å². The predicted octanol–water partition coefficient (Wildman–Crippen LogP) is 10.0. The predicted molar refractivity (Wildman–Crippen MR) is 181 cm³/mol. The summed E-state index contributed by atoms with van der Waals surface area (Å²) in [6.07, 6.45) is 3.53. The molecule has 0 fully saturated rings. The number of benzene rings is 6. The van der Waals surface area contributed by atoms with Gasteiger partial charge < -0.3 is 0 Å². The van der Waals surface area contributed by atoms with Gasteiger partial charge in [-0.3, -0.25) is 0 Å². The first kappa shape index (κ1) is 24.6. The van der Waals surface area contributed by atoms with E-state index in [0.29, 0.717) is 5.82 Å². The van der Waals surface area contributed by atoms with Crippen molar-refractivity contribution >= 4 is 54.1 Å². The third-order valence-corrected chi connectivity index (χ3v) is 8.54. The van der Waals surface area contributed by atoms with Crippen LogP contribution in [-0.4, -0.2) is 19.9 Å². The molecule has 3 aromatic heterocycles. The number of hydrogen-bond acceptors (Lipinski definition) is 4. The third-order valence-electron chi connectivity index (χ3n) is 8.54. The fraction of sp³-hybridized carbons (Fsp3) is 0. The van der Waals surface area contributed by atoms with Crippen LogP contribution >= 0.6 is 0 Å². The number of fused-ring (bicyclic) bond motifs is 9. The molecule has 4 nitrogen and oxygen atoms in total. The molecule has 44 heavy (non-hydrogen) atoms. The Morgan fingerprint density at radius 2 is 0.841 bits per heavy atom. The van der Waals surface area contributed by atoms with Crippen LogP contribution in [0.25, 0.3) is 88.0 Å². The maximum Gasteiger partial charge on any atom is 0.159 e. The van der Waals surface area contributed by atoms with E-state index in [-0.39, 0.29) is 0 Å². The Hall–Kier alpha value is -6.00. The SMILES string of the molecule is c1cnc(-c2cccc(-c3ccc4ccc5ccc(-c6ccc7c8ccccc8c8ccccc8c7c6)nc5c4n3)c2)nc1. The molecule has 0 spiro atoms. The first-order valence-corrected chi connectivity index (χ1v) is 14.7. The van der Waals surface area contributed by atoms with E-state index in [0.717, 1.165) is 49.9 Å². The van der Waals surface area contributed by atoms with Crippen LogP contribution in [-0.2, 0) is 0 Å². The number of hydrogen-bond donors (Lipinski definition) is 0. The van der Waals surface area contributed by atoms with Gasteiger partial charge in [0.2, 0.25) is 0 Å². The molecule has 0 bridgehead atoms.